The second-order valence-corrected chi connectivity index (χ2v) is 7.56. The van der Waals surface area contributed by atoms with Crippen LogP contribution >= 0.6 is 15.9 Å². The van der Waals surface area contributed by atoms with E-state index in [1.807, 2.05) is 4.90 Å². The highest BCUT2D eigenvalue weighted by Gasteiger charge is 2.24. The lowest BCUT2D eigenvalue weighted by atomic mass is 10.1. The summed E-state index contributed by atoms with van der Waals surface area (Å²) in [6.07, 6.45) is 2.53. The van der Waals surface area contributed by atoms with Gasteiger partial charge in [0, 0.05) is 24.5 Å². The van der Waals surface area contributed by atoms with E-state index in [0.717, 1.165) is 0 Å². The Balaban J connectivity index is 1.84. The minimum atomic E-state index is -3.70. The van der Waals surface area contributed by atoms with Gasteiger partial charge in [0.15, 0.2) is 5.82 Å². The van der Waals surface area contributed by atoms with Crippen molar-refractivity contribution in [3.05, 3.63) is 28.7 Å². The van der Waals surface area contributed by atoms with Crippen LogP contribution in [0.3, 0.4) is 0 Å². The molecule has 0 bridgehead atoms. The third-order valence-corrected chi connectivity index (χ3v) is 5.08. The number of aromatic nitrogens is 2. The Morgan fingerprint density at radius 3 is 2.65 bits per heavy atom. The lowest BCUT2D eigenvalue weighted by Crippen LogP contribution is -2.46. The van der Waals surface area contributed by atoms with Crippen LogP contribution in [0.4, 0.5) is 10.2 Å². The van der Waals surface area contributed by atoms with Crippen molar-refractivity contribution in [3.63, 3.8) is 0 Å². The summed E-state index contributed by atoms with van der Waals surface area (Å²) in [6, 6.07) is 3.20. The van der Waals surface area contributed by atoms with Crippen molar-refractivity contribution >= 4 is 42.9 Å². The van der Waals surface area contributed by atoms with E-state index in [0.29, 0.717) is 41.6 Å². The maximum atomic E-state index is 14.1. The van der Waals surface area contributed by atoms with Gasteiger partial charge < -0.3 is 4.90 Å². The third kappa shape index (κ3) is 3.60. The van der Waals surface area contributed by atoms with Crippen molar-refractivity contribution in [2.45, 2.75) is 18.9 Å². The summed E-state index contributed by atoms with van der Waals surface area (Å²) in [4.78, 5) is 10.3. The van der Waals surface area contributed by atoms with E-state index < -0.39 is 16.0 Å². The van der Waals surface area contributed by atoms with Crippen molar-refractivity contribution < 1.29 is 12.8 Å². The molecule has 1 fully saturated rings. The van der Waals surface area contributed by atoms with E-state index in [4.69, 9.17) is 5.14 Å². The normalized spacial score (nSPS) is 16.9. The van der Waals surface area contributed by atoms with Gasteiger partial charge in [0.1, 0.15) is 17.7 Å². The van der Waals surface area contributed by atoms with E-state index in [-0.39, 0.29) is 11.6 Å². The first-order valence-electron chi connectivity index (χ1n) is 6.99. The topological polar surface area (TPSA) is 101 Å². The molecule has 0 aliphatic carbocycles. The molecule has 1 aliphatic rings. The summed E-state index contributed by atoms with van der Waals surface area (Å²) in [5.74, 6) is 0.229. The molecule has 1 saturated heterocycles. The number of hydrogen-bond donors (Lipinski definition) is 2. The summed E-state index contributed by atoms with van der Waals surface area (Å²) in [6.45, 7) is 1.19. The fourth-order valence-electron chi connectivity index (χ4n) is 2.75. The van der Waals surface area contributed by atoms with E-state index in [1.165, 1.54) is 6.33 Å². The SMILES string of the molecule is NS(=O)(=O)NC1CCN(c2ncnc3c(F)c(Br)ccc23)CC1. The molecule has 1 aromatic carbocycles. The van der Waals surface area contributed by atoms with Crippen LogP contribution in [0.25, 0.3) is 10.9 Å². The fraction of sp³-hybridized carbons (Fsp3) is 0.385. The van der Waals surface area contributed by atoms with Crippen LogP contribution in [-0.4, -0.2) is 37.5 Å². The number of hydrogen-bond acceptors (Lipinski definition) is 5. The lowest BCUT2D eigenvalue weighted by molar-refractivity contribution is 0.459. The number of rotatable bonds is 3. The molecule has 0 amide bonds. The van der Waals surface area contributed by atoms with Gasteiger partial charge in [-0.2, -0.15) is 13.1 Å². The van der Waals surface area contributed by atoms with Gasteiger partial charge in [-0.25, -0.2) is 19.5 Å². The number of fused-ring (bicyclic) bond motifs is 1. The maximum absolute atomic E-state index is 14.1. The fourth-order valence-corrected chi connectivity index (χ4v) is 3.77. The summed E-state index contributed by atoms with van der Waals surface area (Å²) in [5.41, 5.74) is 0.258. The van der Waals surface area contributed by atoms with E-state index >= 15 is 0 Å². The Morgan fingerprint density at radius 2 is 2.00 bits per heavy atom. The van der Waals surface area contributed by atoms with Crippen molar-refractivity contribution in [2.24, 2.45) is 5.14 Å². The van der Waals surface area contributed by atoms with Gasteiger partial charge in [0.2, 0.25) is 0 Å². The molecule has 0 atom stereocenters. The molecule has 23 heavy (non-hydrogen) atoms. The summed E-state index contributed by atoms with van der Waals surface area (Å²) in [7, 11) is -3.70. The van der Waals surface area contributed by atoms with Crippen LogP contribution in [0.15, 0.2) is 22.9 Å². The molecule has 124 valence electrons. The molecule has 0 radical (unpaired) electrons. The third-order valence-electron chi connectivity index (χ3n) is 3.80. The first-order valence-corrected chi connectivity index (χ1v) is 9.33. The Morgan fingerprint density at radius 1 is 1.30 bits per heavy atom. The largest absolute Gasteiger partial charge is 0.356 e. The van der Waals surface area contributed by atoms with Crippen LogP contribution in [0.2, 0.25) is 0 Å². The number of nitrogens with zero attached hydrogens (tertiary/aromatic N) is 3. The molecule has 2 heterocycles. The molecule has 0 saturated carbocycles. The van der Waals surface area contributed by atoms with Gasteiger partial charge in [-0.1, -0.05) is 0 Å². The molecule has 1 aromatic heterocycles. The average Bonchev–Trinajstić information content (AvgIpc) is 2.50. The van der Waals surface area contributed by atoms with Crippen molar-refractivity contribution in [3.8, 4) is 0 Å². The quantitative estimate of drug-likeness (QED) is 0.803. The van der Waals surface area contributed by atoms with E-state index in [2.05, 4.69) is 30.6 Å². The predicted octanol–water partition coefficient (Wildman–Crippen LogP) is 1.29. The number of piperidine rings is 1. The molecule has 7 nitrogen and oxygen atoms in total. The smallest absolute Gasteiger partial charge is 0.274 e. The number of benzene rings is 1. The Hall–Kier alpha value is -1.36. The van der Waals surface area contributed by atoms with E-state index in [1.54, 1.807) is 12.1 Å². The second kappa shape index (κ2) is 6.27. The summed E-state index contributed by atoms with van der Waals surface area (Å²) >= 11 is 3.15. The van der Waals surface area contributed by atoms with Crippen LogP contribution < -0.4 is 14.8 Å². The Bertz CT molecular complexity index is 840. The Labute approximate surface area is 141 Å². The number of anilines is 1. The van der Waals surface area contributed by atoms with Crippen molar-refractivity contribution in [1.29, 1.82) is 0 Å². The zero-order chi connectivity index (χ0) is 16.6. The maximum Gasteiger partial charge on any atom is 0.274 e. The molecule has 10 heteroatoms. The van der Waals surface area contributed by atoms with Gasteiger partial charge >= 0.3 is 0 Å². The van der Waals surface area contributed by atoms with Gasteiger partial charge in [-0.15, -0.1) is 0 Å². The second-order valence-electron chi connectivity index (χ2n) is 5.38. The minimum absolute atomic E-state index is 0.194. The Kier molecular flexibility index (Phi) is 4.50. The molecular formula is C13H15BrFN5O2S. The highest BCUT2D eigenvalue weighted by Crippen LogP contribution is 2.30. The van der Waals surface area contributed by atoms with Gasteiger partial charge in [-0.3, -0.25) is 0 Å². The lowest BCUT2D eigenvalue weighted by Gasteiger charge is -2.33. The molecule has 3 rings (SSSR count). The van der Waals surface area contributed by atoms with Gasteiger partial charge in [-0.05, 0) is 40.9 Å². The molecule has 0 unspecified atom stereocenters. The monoisotopic (exact) mass is 403 g/mol. The van der Waals surface area contributed by atoms with Crippen LogP contribution in [-0.2, 0) is 10.2 Å². The van der Waals surface area contributed by atoms with Crippen LogP contribution in [0.5, 0.6) is 0 Å². The minimum Gasteiger partial charge on any atom is -0.356 e. The number of nitrogens with two attached hydrogens (primary N) is 1. The highest BCUT2D eigenvalue weighted by molar-refractivity contribution is 9.10. The van der Waals surface area contributed by atoms with Gasteiger partial charge in [0.25, 0.3) is 10.2 Å². The summed E-state index contributed by atoms with van der Waals surface area (Å²) < 4.78 is 39.1. The molecule has 2 aromatic rings. The number of halogens is 2. The average molecular weight is 404 g/mol. The first-order chi connectivity index (χ1) is 10.8. The van der Waals surface area contributed by atoms with Crippen LogP contribution in [0.1, 0.15) is 12.8 Å². The van der Waals surface area contributed by atoms with Crippen LogP contribution in [0, 0.1) is 5.82 Å². The van der Waals surface area contributed by atoms with Crippen molar-refractivity contribution in [1.82, 2.24) is 14.7 Å². The zero-order valence-corrected chi connectivity index (χ0v) is 14.4. The van der Waals surface area contributed by atoms with Gasteiger partial charge in [0.05, 0.1) is 4.47 Å². The molecule has 0 spiro atoms. The standard InChI is InChI=1S/C13H15BrFN5O2S/c14-10-2-1-9-12(11(10)15)17-7-18-13(9)20-5-3-8(4-6-20)19-23(16,21)22/h1-2,7-8,19H,3-6H2,(H2,16,21,22). The predicted molar refractivity (Wildman–Crippen MR) is 88.7 cm³/mol. The molecular weight excluding hydrogens is 389 g/mol. The highest BCUT2D eigenvalue weighted by atomic mass is 79.9. The van der Waals surface area contributed by atoms with E-state index in [9.17, 15) is 12.8 Å². The number of nitrogens with one attached hydrogen (secondary N) is 1. The molecule has 1 aliphatic heterocycles. The molecule has 3 N–H and O–H groups in total. The first kappa shape index (κ1) is 16.5. The zero-order valence-electron chi connectivity index (χ0n) is 12.0. The van der Waals surface area contributed by atoms with Crippen molar-refractivity contribution in [2.75, 3.05) is 18.0 Å². The summed E-state index contributed by atoms with van der Waals surface area (Å²) in [5, 5.41) is 5.63.